The van der Waals surface area contributed by atoms with E-state index in [1.807, 2.05) is 6.92 Å². The molecule has 1 saturated heterocycles. The van der Waals surface area contributed by atoms with Crippen LogP contribution in [-0.4, -0.2) is 51.9 Å². The predicted octanol–water partition coefficient (Wildman–Crippen LogP) is 4.07. The molecule has 0 bridgehead atoms. The number of hydrogen-bond donors (Lipinski definition) is 1. The van der Waals surface area contributed by atoms with Gasteiger partial charge in [-0.25, -0.2) is 8.42 Å². The number of carbonyl (C=O) groups is 2. The molecule has 0 atom stereocenters. The summed E-state index contributed by atoms with van der Waals surface area (Å²) in [6.45, 7) is 2.68. The topological polar surface area (TPSA) is 96.0 Å². The normalized spacial score (nSPS) is 13.3. The van der Waals surface area contributed by atoms with Crippen molar-refractivity contribution in [2.24, 2.45) is 0 Å². The van der Waals surface area contributed by atoms with Gasteiger partial charge in [-0.05, 0) is 61.7 Å². The van der Waals surface area contributed by atoms with Crippen molar-refractivity contribution in [3.8, 4) is 5.75 Å². The van der Waals surface area contributed by atoms with Crippen molar-refractivity contribution >= 4 is 33.2 Å². The third-order valence-electron chi connectivity index (χ3n) is 6.05. The van der Waals surface area contributed by atoms with Crippen LogP contribution in [0.5, 0.6) is 5.75 Å². The van der Waals surface area contributed by atoms with Crippen molar-refractivity contribution < 1.29 is 22.7 Å². The number of amides is 2. The fraction of sp³-hybridized carbons (Fsp3) is 0.259. The number of nitrogens with zero attached hydrogens (tertiary/aromatic N) is 2. The summed E-state index contributed by atoms with van der Waals surface area (Å²) in [7, 11) is -2.67. The van der Waals surface area contributed by atoms with Gasteiger partial charge < -0.3 is 15.0 Å². The average molecular weight is 508 g/mol. The lowest BCUT2D eigenvalue weighted by atomic mass is 10.1. The summed E-state index contributed by atoms with van der Waals surface area (Å²) in [5.41, 5.74) is 1.77. The monoisotopic (exact) mass is 507 g/mol. The Balaban J connectivity index is 1.67. The van der Waals surface area contributed by atoms with Gasteiger partial charge in [-0.15, -0.1) is 0 Å². The van der Waals surface area contributed by atoms with E-state index in [0.29, 0.717) is 30.1 Å². The Labute approximate surface area is 211 Å². The minimum absolute atomic E-state index is 0.0472. The van der Waals surface area contributed by atoms with Crippen LogP contribution in [0.3, 0.4) is 0 Å². The molecule has 3 aromatic carbocycles. The van der Waals surface area contributed by atoms with E-state index in [1.165, 1.54) is 19.2 Å². The Morgan fingerprint density at radius 2 is 1.64 bits per heavy atom. The van der Waals surface area contributed by atoms with Gasteiger partial charge in [-0.3, -0.25) is 13.9 Å². The zero-order valence-electron chi connectivity index (χ0n) is 20.3. The number of nitrogens with one attached hydrogen (secondary N) is 1. The Kier molecular flexibility index (Phi) is 7.59. The lowest BCUT2D eigenvalue weighted by molar-refractivity contribution is -0.114. The van der Waals surface area contributed by atoms with Crippen LogP contribution >= 0.6 is 0 Å². The number of sulfonamides is 1. The van der Waals surface area contributed by atoms with Gasteiger partial charge in [0.2, 0.25) is 5.91 Å². The van der Waals surface area contributed by atoms with Crippen LogP contribution in [-0.2, 0) is 14.8 Å². The number of anilines is 2. The van der Waals surface area contributed by atoms with E-state index in [0.717, 1.165) is 22.7 Å². The Hall–Kier alpha value is -3.85. The minimum atomic E-state index is -4.11. The smallest absolute Gasteiger partial charge is 0.264 e. The second-order valence-electron chi connectivity index (χ2n) is 8.59. The zero-order valence-corrected chi connectivity index (χ0v) is 21.1. The average Bonchev–Trinajstić information content (AvgIpc) is 3.43. The molecule has 1 heterocycles. The zero-order chi connectivity index (χ0) is 25.7. The highest BCUT2D eigenvalue weighted by atomic mass is 32.2. The quantitative estimate of drug-likeness (QED) is 0.496. The number of benzene rings is 3. The molecule has 1 fully saturated rings. The number of rotatable bonds is 8. The highest BCUT2D eigenvalue weighted by Crippen LogP contribution is 2.33. The Bertz CT molecular complexity index is 1350. The van der Waals surface area contributed by atoms with Crippen molar-refractivity contribution in [3.63, 3.8) is 0 Å². The largest absolute Gasteiger partial charge is 0.495 e. The van der Waals surface area contributed by atoms with E-state index in [1.54, 1.807) is 65.6 Å². The maximum Gasteiger partial charge on any atom is 0.264 e. The van der Waals surface area contributed by atoms with Crippen molar-refractivity contribution in [1.29, 1.82) is 0 Å². The summed E-state index contributed by atoms with van der Waals surface area (Å²) < 4.78 is 33.8. The number of aryl methyl sites for hydroxylation is 1. The summed E-state index contributed by atoms with van der Waals surface area (Å²) in [6.07, 6.45) is 1.90. The summed E-state index contributed by atoms with van der Waals surface area (Å²) in [5, 5.41) is 2.76. The van der Waals surface area contributed by atoms with E-state index >= 15 is 0 Å². The standard InChI is InChI=1S/C27H29N3O5S/c1-20-14-15-25(35-2)24(18-20)30(36(33,34)21-10-4-3-5-11-21)19-26(31)28-23-13-7-6-12-22(23)27(32)29-16-8-9-17-29/h3-7,10-15,18H,8-9,16-17,19H2,1-2H3,(H,28,31). The first-order valence-corrected chi connectivity index (χ1v) is 13.2. The maximum absolute atomic E-state index is 13.7. The van der Waals surface area contributed by atoms with Crippen molar-refractivity contribution in [2.45, 2.75) is 24.7 Å². The van der Waals surface area contributed by atoms with E-state index in [4.69, 9.17) is 4.74 Å². The number of carbonyl (C=O) groups excluding carboxylic acids is 2. The molecule has 8 nitrogen and oxygen atoms in total. The fourth-order valence-corrected chi connectivity index (χ4v) is 5.65. The maximum atomic E-state index is 13.7. The molecule has 4 rings (SSSR count). The number of likely N-dealkylation sites (tertiary alicyclic amines) is 1. The van der Waals surface area contributed by atoms with Gasteiger partial charge in [-0.2, -0.15) is 0 Å². The van der Waals surface area contributed by atoms with E-state index < -0.39 is 22.5 Å². The molecular formula is C27H29N3O5S. The van der Waals surface area contributed by atoms with Crippen LogP contribution in [0, 0.1) is 6.92 Å². The first-order chi connectivity index (χ1) is 17.3. The second-order valence-corrected chi connectivity index (χ2v) is 10.5. The van der Waals surface area contributed by atoms with Gasteiger partial charge in [0.25, 0.3) is 15.9 Å². The molecule has 9 heteroatoms. The fourth-order valence-electron chi connectivity index (χ4n) is 4.20. The van der Waals surface area contributed by atoms with Gasteiger partial charge in [0.05, 0.1) is 28.9 Å². The first kappa shape index (κ1) is 25.2. The third kappa shape index (κ3) is 5.36. The molecular weight excluding hydrogens is 478 g/mol. The molecule has 0 aromatic heterocycles. The SMILES string of the molecule is COc1ccc(C)cc1N(CC(=O)Nc1ccccc1C(=O)N1CCCC1)S(=O)(=O)c1ccccc1. The van der Waals surface area contributed by atoms with Crippen LogP contribution in [0.25, 0.3) is 0 Å². The van der Waals surface area contributed by atoms with Gasteiger partial charge in [0.1, 0.15) is 12.3 Å². The van der Waals surface area contributed by atoms with Crippen LogP contribution in [0.15, 0.2) is 77.7 Å². The Morgan fingerprint density at radius 1 is 0.972 bits per heavy atom. The molecule has 1 N–H and O–H groups in total. The molecule has 3 aromatic rings. The first-order valence-electron chi connectivity index (χ1n) is 11.7. The summed E-state index contributed by atoms with van der Waals surface area (Å²) in [5.74, 6) is -0.422. The van der Waals surface area contributed by atoms with E-state index in [-0.39, 0.29) is 16.5 Å². The molecule has 1 aliphatic rings. The van der Waals surface area contributed by atoms with Gasteiger partial charge >= 0.3 is 0 Å². The highest BCUT2D eigenvalue weighted by Gasteiger charge is 2.30. The summed E-state index contributed by atoms with van der Waals surface area (Å²) >= 11 is 0. The van der Waals surface area contributed by atoms with Gasteiger partial charge in [0.15, 0.2) is 0 Å². The molecule has 188 valence electrons. The minimum Gasteiger partial charge on any atom is -0.495 e. The summed E-state index contributed by atoms with van der Waals surface area (Å²) in [6, 6.07) is 19.8. The number of methoxy groups -OCH3 is 1. The lowest BCUT2D eigenvalue weighted by Gasteiger charge is -2.26. The van der Waals surface area contributed by atoms with Crippen LogP contribution < -0.4 is 14.4 Å². The third-order valence-corrected chi connectivity index (χ3v) is 7.82. The van der Waals surface area contributed by atoms with E-state index in [9.17, 15) is 18.0 Å². The number of hydrogen-bond acceptors (Lipinski definition) is 5. The van der Waals surface area contributed by atoms with Crippen LogP contribution in [0.1, 0.15) is 28.8 Å². The highest BCUT2D eigenvalue weighted by molar-refractivity contribution is 7.92. The van der Waals surface area contributed by atoms with Crippen molar-refractivity contribution in [3.05, 3.63) is 83.9 Å². The second kappa shape index (κ2) is 10.8. The lowest BCUT2D eigenvalue weighted by Crippen LogP contribution is -2.38. The van der Waals surface area contributed by atoms with Crippen LogP contribution in [0.2, 0.25) is 0 Å². The molecule has 0 radical (unpaired) electrons. The van der Waals surface area contributed by atoms with E-state index in [2.05, 4.69) is 5.32 Å². The Morgan fingerprint density at radius 3 is 2.33 bits per heavy atom. The molecule has 0 unspecified atom stereocenters. The number of para-hydroxylation sites is 1. The predicted molar refractivity (Wildman–Crippen MR) is 139 cm³/mol. The van der Waals surface area contributed by atoms with Gasteiger partial charge in [0, 0.05) is 13.1 Å². The molecule has 2 amide bonds. The van der Waals surface area contributed by atoms with Crippen molar-refractivity contribution in [2.75, 3.05) is 36.4 Å². The van der Waals surface area contributed by atoms with Crippen molar-refractivity contribution in [1.82, 2.24) is 4.90 Å². The number of ether oxygens (including phenoxy) is 1. The van der Waals surface area contributed by atoms with Gasteiger partial charge in [-0.1, -0.05) is 36.4 Å². The molecule has 0 spiro atoms. The van der Waals surface area contributed by atoms with Crippen LogP contribution in [0.4, 0.5) is 11.4 Å². The summed E-state index contributed by atoms with van der Waals surface area (Å²) in [4.78, 5) is 28.1. The molecule has 1 aliphatic heterocycles. The molecule has 36 heavy (non-hydrogen) atoms. The molecule has 0 aliphatic carbocycles. The molecule has 0 saturated carbocycles.